The Balaban J connectivity index is 1.49. The molecule has 0 radical (unpaired) electrons. The Kier molecular flexibility index (Phi) is 6.91. The highest BCUT2D eigenvalue weighted by molar-refractivity contribution is 5.79. The fourth-order valence-corrected chi connectivity index (χ4v) is 4.95. The summed E-state index contributed by atoms with van der Waals surface area (Å²) < 4.78 is 19.2. The van der Waals surface area contributed by atoms with Crippen molar-refractivity contribution in [2.75, 3.05) is 19.7 Å². The lowest BCUT2D eigenvalue weighted by Crippen LogP contribution is -2.53. The highest BCUT2D eigenvalue weighted by Gasteiger charge is 2.43. The van der Waals surface area contributed by atoms with Crippen LogP contribution in [0.15, 0.2) is 48.5 Å². The third-order valence-electron chi connectivity index (χ3n) is 6.50. The Morgan fingerprint density at radius 3 is 2.26 bits per heavy atom. The molecule has 1 saturated carbocycles. The number of carbonyl (C=O) groups is 1. The van der Waals surface area contributed by atoms with E-state index in [2.05, 4.69) is 24.1 Å². The van der Waals surface area contributed by atoms with Crippen LogP contribution in [0.4, 0.5) is 4.39 Å². The molecule has 2 bridgehead atoms. The molecular formula is C26H33FN2O2. The number of halogens is 1. The van der Waals surface area contributed by atoms with E-state index < -0.39 is 0 Å². The maximum absolute atomic E-state index is 13.5. The van der Waals surface area contributed by atoms with Gasteiger partial charge in [0.15, 0.2) is 0 Å². The van der Waals surface area contributed by atoms with Gasteiger partial charge in [-0.05, 0) is 79.1 Å². The van der Waals surface area contributed by atoms with Gasteiger partial charge in [0, 0.05) is 12.6 Å². The molecule has 31 heavy (non-hydrogen) atoms. The molecule has 1 unspecified atom stereocenters. The number of carbonyl (C=O) groups excluding carboxylic acids is 1. The summed E-state index contributed by atoms with van der Waals surface area (Å²) in [5, 5.41) is 3.52. The first-order chi connectivity index (χ1) is 15.0. The van der Waals surface area contributed by atoms with E-state index in [1.54, 1.807) is 12.1 Å². The van der Waals surface area contributed by atoms with Crippen molar-refractivity contribution in [1.82, 2.24) is 10.2 Å². The Bertz CT molecular complexity index is 850. The smallest absolute Gasteiger partial charge is 0.227 e. The van der Waals surface area contributed by atoms with Crippen LogP contribution in [-0.4, -0.2) is 36.5 Å². The molecule has 1 saturated heterocycles. The summed E-state index contributed by atoms with van der Waals surface area (Å²) in [4.78, 5) is 15.6. The monoisotopic (exact) mass is 424 g/mol. The lowest BCUT2D eigenvalue weighted by Gasteiger charge is -2.40. The van der Waals surface area contributed by atoms with Gasteiger partial charge >= 0.3 is 0 Å². The third-order valence-corrected chi connectivity index (χ3v) is 6.50. The quantitative estimate of drug-likeness (QED) is 0.682. The van der Waals surface area contributed by atoms with Gasteiger partial charge in [-0.3, -0.25) is 4.79 Å². The molecule has 4 nitrogen and oxygen atoms in total. The zero-order valence-corrected chi connectivity index (χ0v) is 18.5. The summed E-state index contributed by atoms with van der Waals surface area (Å²) in [6.07, 6.45) is 2.70. The zero-order chi connectivity index (χ0) is 21.8. The van der Waals surface area contributed by atoms with Crippen molar-refractivity contribution in [3.05, 3.63) is 65.5 Å². The van der Waals surface area contributed by atoms with Crippen molar-refractivity contribution in [2.45, 2.75) is 45.7 Å². The number of benzene rings is 2. The van der Waals surface area contributed by atoms with Gasteiger partial charge in [-0.2, -0.15) is 0 Å². The number of hydrogen-bond acceptors (Lipinski definition) is 3. The molecule has 166 valence electrons. The van der Waals surface area contributed by atoms with Crippen molar-refractivity contribution < 1.29 is 13.9 Å². The molecule has 3 atom stereocenters. The summed E-state index contributed by atoms with van der Waals surface area (Å²) in [6, 6.07) is 14.7. The number of nitrogens with zero attached hydrogens (tertiary/aromatic N) is 1. The number of piperidine rings is 1. The maximum Gasteiger partial charge on any atom is 0.227 e. The number of fused-ring (bicyclic) bond motifs is 2. The third kappa shape index (κ3) is 5.45. The van der Waals surface area contributed by atoms with Crippen LogP contribution < -0.4 is 10.1 Å². The number of amides is 1. The number of nitrogens with one attached hydrogen (secondary N) is 1. The van der Waals surface area contributed by atoms with E-state index >= 15 is 0 Å². The van der Waals surface area contributed by atoms with E-state index in [1.807, 2.05) is 24.3 Å². The van der Waals surface area contributed by atoms with E-state index in [1.165, 1.54) is 12.1 Å². The van der Waals surface area contributed by atoms with Crippen molar-refractivity contribution in [1.29, 1.82) is 0 Å². The molecule has 0 spiro atoms. The average molecular weight is 425 g/mol. The largest absolute Gasteiger partial charge is 0.493 e. The van der Waals surface area contributed by atoms with Gasteiger partial charge in [0.25, 0.3) is 0 Å². The summed E-state index contributed by atoms with van der Waals surface area (Å²) in [6.45, 7) is 7.40. The summed E-state index contributed by atoms with van der Waals surface area (Å²) in [7, 11) is 0. The minimum Gasteiger partial charge on any atom is -0.493 e. The molecule has 1 heterocycles. The van der Waals surface area contributed by atoms with Crippen LogP contribution in [0, 0.1) is 23.6 Å². The molecule has 1 aliphatic heterocycles. The molecule has 1 N–H and O–H groups in total. The van der Waals surface area contributed by atoms with Gasteiger partial charge in [-0.15, -0.1) is 0 Å². The minimum atomic E-state index is -0.247. The van der Waals surface area contributed by atoms with Crippen molar-refractivity contribution >= 4 is 5.91 Å². The Morgan fingerprint density at radius 2 is 1.65 bits per heavy atom. The maximum atomic E-state index is 13.5. The van der Waals surface area contributed by atoms with E-state index in [-0.39, 0.29) is 17.8 Å². The van der Waals surface area contributed by atoms with Crippen molar-refractivity contribution in [3.8, 4) is 5.75 Å². The number of rotatable bonds is 8. The van der Waals surface area contributed by atoms with Gasteiger partial charge in [-0.25, -0.2) is 4.39 Å². The van der Waals surface area contributed by atoms with E-state index in [9.17, 15) is 9.18 Å². The Hall–Kier alpha value is -2.40. The minimum absolute atomic E-state index is 0.143. The fourth-order valence-electron chi connectivity index (χ4n) is 4.95. The SMILES string of the molecule is CC(C)COc1ccc(CC(=O)N(Cc2ccc(F)cc2)C2[C@@H]3CC[C@H]2CNC3)cc1. The van der Waals surface area contributed by atoms with Crippen LogP contribution in [0.2, 0.25) is 0 Å². The Morgan fingerprint density at radius 1 is 1.03 bits per heavy atom. The highest BCUT2D eigenvalue weighted by atomic mass is 19.1. The topological polar surface area (TPSA) is 41.6 Å². The first-order valence-corrected chi connectivity index (χ1v) is 11.5. The first kappa shape index (κ1) is 21.8. The van der Waals surface area contributed by atoms with E-state index in [0.717, 1.165) is 42.8 Å². The number of ether oxygens (including phenoxy) is 1. The van der Waals surface area contributed by atoms with E-state index in [0.29, 0.717) is 37.3 Å². The fraction of sp³-hybridized carbons (Fsp3) is 0.500. The molecule has 1 amide bonds. The second-order valence-corrected chi connectivity index (χ2v) is 9.42. The second kappa shape index (κ2) is 9.82. The molecular weight excluding hydrogens is 391 g/mol. The van der Waals surface area contributed by atoms with Gasteiger partial charge in [0.05, 0.1) is 13.0 Å². The number of hydrogen-bond donors (Lipinski definition) is 1. The molecule has 2 aromatic carbocycles. The van der Waals surface area contributed by atoms with Crippen molar-refractivity contribution in [3.63, 3.8) is 0 Å². The second-order valence-electron chi connectivity index (χ2n) is 9.42. The zero-order valence-electron chi connectivity index (χ0n) is 18.5. The Labute approximate surface area is 184 Å². The van der Waals surface area contributed by atoms with E-state index in [4.69, 9.17) is 4.74 Å². The van der Waals surface area contributed by atoms with Crippen LogP contribution in [0.25, 0.3) is 0 Å². The molecule has 2 aromatic rings. The molecule has 2 aliphatic rings. The molecule has 1 aliphatic carbocycles. The van der Waals surface area contributed by atoms with Crippen LogP contribution in [0.5, 0.6) is 5.75 Å². The molecule has 2 fully saturated rings. The van der Waals surface area contributed by atoms with Gasteiger partial charge in [0.2, 0.25) is 5.91 Å². The van der Waals surface area contributed by atoms with Crippen LogP contribution in [0.1, 0.15) is 37.8 Å². The predicted octanol–water partition coefficient (Wildman–Crippen LogP) is 4.43. The molecule has 4 rings (SSSR count). The van der Waals surface area contributed by atoms with Crippen LogP contribution in [0.3, 0.4) is 0 Å². The highest BCUT2D eigenvalue weighted by Crippen LogP contribution is 2.38. The molecule has 5 heteroatoms. The molecule has 0 aromatic heterocycles. The lowest BCUT2D eigenvalue weighted by atomic mass is 9.91. The van der Waals surface area contributed by atoms with Gasteiger partial charge < -0.3 is 15.0 Å². The average Bonchev–Trinajstić information content (AvgIpc) is 2.99. The standard InChI is InChI=1S/C26H33FN2O2/c1-18(2)17-31-24-11-5-19(6-12-24)13-25(30)29(16-20-3-9-23(27)10-4-20)26-21-7-8-22(26)15-28-14-21/h3-6,9-12,18,21-22,26,28H,7-8,13-17H2,1-2H3/t21-,22+,26?. The summed E-state index contributed by atoms with van der Waals surface area (Å²) in [5.41, 5.74) is 1.97. The summed E-state index contributed by atoms with van der Waals surface area (Å²) in [5.74, 6) is 2.20. The van der Waals surface area contributed by atoms with Crippen LogP contribution in [-0.2, 0) is 17.8 Å². The van der Waals surface area contributed by atoms with Crippen molar-refractivity contribution in [2.24, 2.45) is 17.8 Å². The predicted molar refractivity (Wildman–Crippen MR) is 120 cm³/mol. The first-order valence-electron chi connectivity index (χ1n) is 11.5. The van der Waals surface area contributed by atoms with Crippen LogP contribution >= 0.6 is 0 Å². The lowest BCUT2D eigenvalue weighted by molar-refractivity contribution is -0.135. The van der Waals surface area contributed by atoms with Gasteiger partial charge in [0.1, 0.15) is 11.6 Å². The summed E-state index contributed by atoms with van der Waals surface area (Å²) >= 11 is 0. The normalized spacial score (nSPS) is 22.5. The van der Waals surface area contributed by atoms with Gasteiger partial charge in [-0.1, -0.05) is 38.1 Å².